The second kappa shape index (κ2) is 5.77. The zero-order chi connectivity index (χ0) is 15.8. The van der Waals surface area contributed by atoms with Gasteiger partial charge in [0, 0.05) is 16.5 Å². The number of nitrogens with one attached hydrogen (secondary N) is 2. The molecular weight excluding hydrogens is 310 g/mol. The molecule has 1 unspecified atom stereocenters. The number of rotatable bonds is 4. The molecule has 118 valence electrons. The quantitative estimate of drug-likeness (QED) is 0.907. The monoisotopic (exact) mass is 327 g/mol. The fraction of sp³-hybridized carbons (Fsp3) is 0.353. The molecule has 1 fully saturated rings. The maximum absolute atomic E-state index is 12.3. The van der Waals surface area contributed by atoms with Crippen molar-refractivity contribution in [1.29, 1.82) is 0 Å². The first-order valence-corrected chi connectivity index (χ1v) is 8.69. The minimum atomic E-state index is -0.169. The maximum atomic E-state index is 12.3. The Bertz CT molecular complexity index is 752. The summed E-state index contributed by atoms with van der Waals surface area (Å²) in [6, 6.07) is 9.43. The summed E-state index contributed by atoms with van der Waals surface area (Å²) in [7, 11) is 0. The number of fused-ring (bicyclic) bond motifs is 1. The number of aryl methyl sites for hydroxylation is 1. The molecule has 5 nitrogen and oxygen atoms in total. The van der Waals surface area contributed by atoms with Gasteiger partial charge in [-0.3, -0.25) is 14.9 Å². The molecule has 1 saturated carbocycles. The highest BCUT2D eigenvalue weighted by molar-refractivity contribution is 7.16. The summed E-state index contributed by atoms with van der Waals surface area (Å²) in [4.78, 5) is 30.1. The molecule has 0 spiro atoms. The van der Waals surface area contributed by atoms with Gasteiger partial charge in [-0.2, -0.15) is 0 Å². The van der Waals surface area contributed by atoms with Crippen molar-refractivity contribution in [3.63, 3.8) is 0 Å². The predicted molar refractivity (Wildman–Crippen MR) is 88.7 cm³/mol. The number of carbonyl (C=O) groups excluding carboxylic acids is 2. The third kappa shape index (κ3) is 2.99. The number of carbonyl (C=O) groups is 2. The molecule has 0 radical (unpaired) electrons. The van der Waals surface area contributed by atoms with Crippen molar-refractivity contribution in [3.05, 3.63) is 46.5 Å². The highest BCUT2D eigenvalue weighted by Crippen LogP contribution is 2.39. The molecule has 23 heavy (non-hydrogen) atoms. The van der Waals surface area contributed by atoms with E-state index in [0.29, 0.717) is 16.7 Å². The Morgan fingerprint density at radius 2 is 1.91 bits per heavy atom. The Kier molecular flexibility index (Phi) is 3.61. The van der Waals surface area contributed by atoms with Gasteiger partial charge in [-0.15, -0.1) is 11.3 Å². The normalized spacial score (nSPS) is 19.2. The van der Waals surface area contributed by atoms with Crippen molar-refractivity contribution in [1.82, 2.24) is 10.3 Å². The average Bonchev–Trinajstić information content (AvgIpc) is 3.14. The van der Waals surface area contributed by atoms with E-state index in [0.717, 1.165) is 36.3 Å². The van der Waals surface area contributed by atoms with Gasteiger partial charge in [0.2, 0.25) is 5.91 Å². The van der Waals surface area contributed by atoms with Crippen LogP contribution in [0.5, 0.6) is 0 Å². The molecule has 0 saturated heterocycles. The van der Waals surface area contributed by atoms with Crippen LogP contribution in [0.1, 0.15) is 46.1 Å². The minimum Gasteiger partial charge on any atom is -0.353 e. The Hall–Kier alpha value is -2.21. The smallest absolute Gasteiger partial charge is 0.257 e. The van der Waals surface area contributed by atoms with Crippen LogP contribution in [0.25, 0.3) is 0 Å². The molecule has 0 aliphatic heterocycles. The van der Waals surface area contributed by atoms with Gasteiger partial charge >= 0.3 is 0 Å². The number of nitrogens with zero attached hydrogens (tertiary/aromatic N) is 1. The van der Waals surface area contributed by atoms with Crippen LogP contribution in [0.2, 0.25) is 0 Å². The molecule has 1 aromatic carbocycles. The zero-order valence-electron chi connectivity index (χ0n) is 12.5. The number of aromatic nitrogens is 1. The first kappa shape index (κ1) is 14.4. The van der Waals surface area contributed by atoms with E-state index >= 15 is 0 Å². The fourth-order valence-electron chi connectivity index (χ4n) is 2.82. The minimum absolute atomic E-state index is 0.0810. The summed E-state index contributed by atoms with van der Waals surface area (Å²) in [5, 5.41) is 6.46. The standard InChI is InChI=1S/C17H17N3O2S/c21-15(10-4-2-1-3-5-10)20-17-19-14-12(8-9-13(14)23-17)16(22)18-11-6-7-11/h1-5,11-12H,6-9H2,(H,18,22)(H,19,20,21). The van der Waals surface area contributed by atoms with E-state index in [1.165, 1.54) is 11.3 Å². The molecule has 4 rings (SSSR count). The van der Waals surface area contributed by atoms with E-state index in [4.69, 9.17) is 0 Å². The second-order valence-electron chi connectivity index (χ2n) is 6.02. The van der Waals surface area contributed by atoms with Gasteiger partial charge in [-0.1, -0.05) is 18.2 Å². The van der Waals surface area contributed by atoms with Crippen LogP contribution in [0.4, 0.5) is 5.13 Å². The lowest BCUT2D eigenvalue weighted by Gasteiger charge is -2.09. The van der Waals surface area contributed by atoms with Gasteiger partial charge in [-0.25, -0.2) is 4.98 Å². The Morgan fingerprint density at radius 3 is 2.65 bits per heavy atom. The average molecular weight is 327 g/mol. The molecule has 2 aromatic rings. The largest absolute Gasteiger partial charge is 0.353 e. The van der Waals surface area contributed by atoms with E-state index in [2.05, 4.69) is 15.6 Å². The maximum Gasteiger partial charge on any atom is 0.257 e. The third-order valence-electron chi connectivity index (χ3n) is 4.21. The lowest BCUT2D eigenvalue weighted by molar-refractivity contribution is -0.122. The van der Waals surface area contributed by atoms with Gasteiger partial charge in [0.15, 0.2) is 5.13 Å². The number of amides is 2. The molecular formula is C17H17N3O2S. The van der Waals surface area contributed by atoms with Gasteiger partial charge in [0.05, 0.1) is 11.6 Å². The molecule has 2 amide bonds. The van der Waals surface area contributed by atoms with Crippen LogP contribution in [0.15, 0.2) is 30.3 Å². The summed E-state index contributed by atoms with van der Waals surface area (Å²) in [6.45, 7) is 0. The number of hydrogen-bond donors (Lipinski definition) is 2. The summed E-state index contributed by atoms with van der Waals surface area (Å²) in [5.74, 6) is -0.251. The van der Waals surface area contributed by atoms with Crippen molar-refractivity contribution < 1.29 is 9.59 Å². The van der Waals surface area contributed by atoms with Crippen molar-refractivity contribution in [2.45, 2.75) is 37.6 Å². The predicted octanol–water partition coefficient (Wildman–Crippen LogP) is 2.70. The van der Waals surface area contributed by atoms with Crippen LogP contribution in [-0.2, 0) is 11.2 Å². The summed E-state index contributed by atoms with van der Waals surface area (Å²) in [6.07, 6.45) is 3.85. The summed E-state index contributed by atoms with van der Waals surface area (Å²) >= 11 is 1.48. The number of benzene rings is 1. The molecule has 0 bridgehead atoms. The van der Waals surface area contributed by atoms with E-state index in [-0.39, 0.29) is 17.7 Å². The van der Waals surface area contributed by atoms with E-state index in [1.807, 2.05) is 18.2 Å². The van der Waals surface area contributed by atoms with Crippen molar-refractivity contribution in [2.24, 2.45) is 0 Å². The zero-order valence-corrected chi connectivity index (χ0v) is 13.4. The number of thiazole rings is 1. The number of anilines is 1. The topological polar surface area (TPSA) is 71.1 Å². The van der Waals surface area contributed by atoms with Crippen molar-refractivity contribution in [3.8, 4) is 0 Å². The van der Waals surface area contributed by atoms with Crippen LogP contribution < -0.4 is 10.6 Å². The van der Waals surface area contributed by atoms with Crippen molar-refractivity contribution >= 4 is 28.3 Å². The molecule has 2 aliphatic carbocycles. The summed E-state index contributed by atoms with van der Waals surface area (Å²) < 4.78 is 0. The summed E-state index contributed by atoms with van der Waals surface area (Å²) in [5.41, 5.74) is 1.45. The van der Waals surface area contributed by atoms with E-state index < -0.39 is 0 Å². The van der Waals surface area contributed by atoms with Crippen molar-refractivity contribution in [2.75, 3.05) is 5.32 Å². The fourth-order valence-corrected chi connectivity index (χ4v) is 3.86. The first-order chi connectivity index (χ1) is 11.2. The molecule has 6 heteroatoms. The Morgan fingerprint density at radius 1 is 1.13 bits per heavy atom. The molecule has 2 aliphatic rings. The van der Waals surface area contributed by atoms with E-state index in [9.17, 15) is 9.59 Å². The molecule has 1 atom stereocenters. The van der Waals surface area contributed by atoms with Crippen LogP contribution in [-0.4, -0.2) is 22.8 Å². The van der Waals surface area contributed by atoms with Crippen LogP contribution in [0.3, 0.4) is 0 Å². The SMILES string of the molecule is O=C(Nc1nc2c(s1)CCC2C(=O)NC1CC1)c1ccccc1. The Balaban J connectivity index is 1.48. The first-order valence-electron chi connectivity index (χ1n) is 7.87. The second-order valence-corrected chi connectivity index (χ2v) is 7.11. The van der Waals surface area contributed by atoms with Crippen LogP contribution in [0, 0.1) is 0 Å². The third-order valence-corrected chi connectivity index (χ3v) is 5.26. The van der Waals surface area contributed by atoms with Gasteiger partial charge in [0.1, 0.15) is 0 Å². The van der Waals surface area contributed by atoms with Gasteiger partial charge < -0.3 is 5.32 Å². The van der Waals surface area contributed by atoms with Crippen LogP contribution >= 0.6 is 11.3 Å². The number of hydrogen-bond acceptors (Lipinski definition) is 4. The van der Waals surface area contributed by atoms with Gasteiger partial charge in [-0.05, 0) is 37.8 Å². The highest BCUT2D eigenvalue weighted by Gasteiger charge is 2.35. The van der Waals surface area contributed by atoms with E-state index in [1.54, 1.807) is 12.1 Å². The highest BCUT2D eigenvalue weighted by atomic mass is 32.1. The van der Waals surface area contributed by atoms with Gasteiger partial charge in [0.25, 0.3) is 5.91 Å². The molecule has 1 aromatic heterocycles. The lowest BCUT2D eigenvalue weighted by atomic mass is 10.1. The molecule has 1 heterocycles. The molecule has 2 N–H and O–H groups in total. The lowest BCUT2D eigenvalue weighted by Crippen LogP contribution is -2.30. The Labute approximate surface area is 138 Å².